The van der Waals surface area contributed by atoms with Crippen LogP contribution in [0.15, 0.2) is 90.1 Å². The molecule has 0 bridgehead atoms. The SMILES string of the molecule is Cc1cccc(NCc2nnc(SCCC(=O)NCc3ccccc3)n2-c2ccccc2)c1. The standard InChI is InChI=1S/C26H27N5OS/c1-20-9-8-12-22(17-20)27-19-24-29-30-26(31(24)23-13-6-3-7-14-23)33-16-15-25(32)28-18-21-10-4-2-5-11-21/h2-14,17,27H,15-16,18-19H2,1H3,(H,28,32). The molecule has 0 aliphatic heterocycles. The van der Waals surface area contributed by atoms with E-state index in [2.05, 4.69) is 44.5 Å². The van der Waals surface area contributed by atoms with Gasteiger partial charge in [0.1, 0.15) is 0 Å². The summed E-state index contributed by atoms with van der Waals surface area (Å²) in [6.07, 6.45) is 0.413. The zero-order valence-corrected chi connectivity index (χ0v) is 19.4. The van der Waals surface area contributed by atoms with Crippen molar-refractivity contribution in [1.82, 2.24) is 20.1 Å². The first-order valence-corrected chi connectivity index (χ1v) is 11.9. The van der Waals surface area contributed by atoms with Gasteiger partial charge in [-0.05, 0) is 42.3 Å². The highest BCUT2D eigenvalue weighted by atomic mass is 32.2. The van der Waals surface area contributed by atoms with Gasteiger partial charge in [0.15, 0.2) is 11.0 Å². The molecule has 0 saturated heterocycles. The number of amides is 1. The Bertz CT molecular complexity index is 1180. The van der Waals surface area contributed by atoms with Crippen molar-refractivity contribution in [3.8, 4) is 5.69 Å². The van der Waals surface area contributed by atoms with Crippen molar-refractivity contribution in [1.29, 1.82) is 0 Å². The zero-order valence-electron chi connectivity index (χ0n) is 18.6. The van der Waals surface area contributed by atoms with E-state index in [-0.39, 0.29) is 5.91 Å². The summed E-state index contributed by atoms with van der Waals surface area (Å²) in [6, 6.07) is 28.2. The van der Waals surface area contributed by atoms with Crippen LogP contribution in [0, 0.1) is 6.92 Å². The number of hydrogen-bond donors (Lipinski definition) is 2. The first-order chi connectivity index (χ1) is 16.2. The number of aryl methyl sites for hydroxylation is 1. The molecule has 4 rings (SSSR count). The van der Waals surface area contributed by atoms with Gasteiger partial charge in [0.05, 0.1) is 6.54 Å². The lowest BCUT2D eigenvalue weighted by Crippen LogP contribution is -2.23. The van der Waals surface area contributed by atoms with Crippen LogP contribution in [0.5, 0.6) is 0 Å². The number of rotatable bonds is 10. The van der Waals surface area contributed by atoms with Gasteiger partial charge in [-0.15, -0.1) is 10.2 Å². The highest BCUT2D eigenvalue weighted by Gasteiger charge is 2.15. The van der Waals surface area contributed by atoms with Crippen LogP contribution in [0.25, 0.3) is 5.69 Å². The highest BCUT2D eigenvalue weighted by Crippen LogP contribution is 2.23. The second kappa shape index (κ2) is 11.3. The number of anilines is 1. The number of carbonyl (C=O) groups is 1. The topological polar surface area (TPSA) is 71.8 Å². The Morgan fingerprint density at radius 1 is 0.909 bits per heavy atom. The quantitative estimate of drug-likeness (QED) is 0.329. The zero-order chi connectivity index (χ0) is 22.9. The molecule has 0 saturated carbocycles. The molecule has 2 N–H and O–H groups in total. The van der Waals surface area contributed by atoms with Crippen LogP contribution in [-0.4, -0.2) is 26.4 Å². The van der Waals surface area contributed by atoms with Gasteiger partial charge < -0.3 is 10.6 Å². The van der Waals surface area contributed by atoms with Gasteiger partial charge in [-0.25, -0.2) is 0 Å². The van der Waals surface area contributed by atoms with Gasteiger partial charge in [-0.3, -0.25) is 9.36 Å². The minimum absolute atomic E-state index is 0.0264. The normalized spacial score (nSPS) is 10.7. The average Bonchev–Trinajstić information content (AvgIpc) is 3.25. The van der Waals surface area contributed by atoms with Gasteiger partial charge in [0.25, 0.3) is 0 Å². The minimum atomic E-state index is 0.0264. The maximum absolute atomic E-state index is 12.3. The van der Waals surface area contributed by atoms with Crippen LogP contribution < -0.4 is 10.6 Å². The summed E-state index contributed by atoms with van der Waals surface area (Å²) in [7, 11) is 0. The Labute approximate surface area is 198 Å². The predicted molar refractivity (Wildman–Crippen MR) is 133 cm³/mol. The molecule has 1 amide bonds. The maximum atomic E-state index is 12.3. The first-order valence-electron chi connectivity index (χ1n) is 10.9. The van der Waals surface area contributed by atoms with Crippen molar-refractivity contribution in [3.05, 3.63) is 102 Å². The Balaban J connectivity index is 1.39. The second-order valence-corrected chi connectivity index (χ2v) is 8.72. The van der Waals surface area contributed by atoms with Crippen LogP contribution in [0.2, 0.25) is 0 Å². The number of thioether (sulfide) groups is 1. The number of benzene rings is 3. The molecule has 0 unspecified atom stereocenters. The summed E-state index contributed by atoms with van der Waals surface area (Å²) in [6.45, 7) is 3.16. The molecule has 0 fully saturated rings. The molecule has 0 aliphatic rings. The third-order valence-corrected chi connectivity index (χ3v) is 6.01. The summed E-state index contributed by atoms with van der Waals surface area (Å²) in [4.78, 5) is 12.3. The van der Waals surface area contributed by atoms with E-state index in [0.29, 0.717) is 25.3 Å². The monoisotopic (exact) mass is 457 g/mol. The summed E-state index contributed by atoms with van der Waals surface area (Å²) in [5.74, 6) is 1.47. The molecule has 1 heterocycles. The number of aromatic nitrogens is 3. The molecular formula is C26H27N5OS. The van der Waals surface area contributed by atoms with Crippen molar-refractivity contribution in [3.63, 3.8) is 0 Å². The Morgan fingerprint density at radius 3 is 2.42 bits per heavy atom. The molecule has 0 atom stereocenters. The molecule has 7 heteroatoms. The van der Waals surface area contributed by atoms with Gasteiger partial charge in [0.2, 0.25) is 5.91 Å². The van der Waals surface area contributed by atoms with E-state index in [1.807, 2.05) is 72.8 Å². The van der Waals surface area contributed by atoms with Crippen molar-refractivity contribution in [2.45, 2.75) is 31.6 Å². The third-order valence-electron chi connectivity index (χ3n) is 5.08. The molecule has 3 aromatic carbocycles. The van der Waals surface area contributed by atoms with Crippen LogP contribution in [0.1, 0.15) is 23.4 Å². The molecule has 1 aromatic heterocycles. The lowest BCUT2D eigenvalue weighted by molar-refractivity contribution is -0.120. The fourth-order valence-electron chi connectivity index (χ4n) is 3.40. The number of carbonyl (C=O) groups excluding carboxylic acids is 1. The van der Waals surface area contributed by atoms with Crippen molar-refractivity contribution in [2.75, 3.05) is 11.1 Å². The molecule has 4 aromatic rings. The lowest BCUT2D eigenvalue weighted by atomic mass is 10.2. The number of nitrogens with one attached hydrogen (secondary N) is 2. The summed E-state index contributed by atoms with van der Waals surface area (Å²) >= 11 is 1.54. The maximum Gasteiger partial charge on any atom is 0.221 e. The summed E-state index contributed by atoms with van der Waals surface area (Å²) in [5, 5.41) is 16.0. The number of hydrogen-bond acceptors (Lipinski definition) is 5. The van der Waals surface area contributed by atoms with Gasteiger partial charge in [-0.1, -0.05) is 72.4 Å². The van der Waals surface area contributed by atoms with Crippen LogP contribution in [0.4, 0.5) is 5.69 Å². The fraction of sp³-hybridized carbons (Fsp3) is 0.192. The van der Waals surface area contributed by atoms with Crippen LogP contribution in [-0.2, 0) is 17.9 Å². The van der Waals surface area contributed by atoms with Crippen LogP contribution in [0.3, 0.4) is 0 Å². The van der Waals surface area contributed by atoms with E-state index in [1.165, 1.54) is 17.3 Å². The molecule has 0 radical (unpaired) electrons. The molecule has 33 heavy (non-hydrogen) atoms. The molecule has 6 nitrogen and oxygen atoms in total. The smallest absolute Gasteiger partial charge is 0.221 e. The Kier molecular flexibility index (Phi) is 7.76. The summed E-state index contributed by atoms with van der Waals surface area (Å²) in [5.41, 5.74) is 4.33. The number of nitrogens with zero attached hydrogens (tertiary/aromatic N) is 3. The lowest BCUT2D eigenvalue weighted by Gasteiger charge is -2.12. The van der Waals surface area contributed by atoms with Crippen molar-refractivity contribution >= 4 is 23.4 Å². The highest BCUT2D eigenvalue weighted by molar-refractivity contribution is 7.99. The van der Waals surface area contributed by atoms with Crippen molar-refractivity contribution in [2.24, 2.45) is 0 Å². The molecule has 0 spiro atoms. The third kappa shape index (κ3) is 6.46. The van der Waals surface area contributed by atoms with E-state index in [9.17, 15) is 4.79 Å². The minimum Gasteiger partial charge on any atom is -0.378 e. The Morgan fingerprint density at radius 2 is 1.67 bits per heavy atom. The largest absolute Gasteiger partial charge is 0.378 e. The van der Waals surface area contributed by atoms with Gasteiger partial charge in [-0.2, -0.15) is 0 Å². The van der Waals surface area contributed by atoms with E-state index in [4.69, 9.17) is 0 Å². The van der Waals surface area contributed by atoms with Crippen molar-refractivity contribution < 1.29 is 4.79 Å². The van der Waals surface area contributed by atoms with E-state index in [1.54, 1.807) is 0 Å². The van der Waals surface area contributed by atoms with E-state index in [0.717, 1.165) is 27.9 Å². The van der Waals surface area contributed by atoms with E-state index >= 15 is 0 Å². The Hall–Kier alpha value is -3.58. The first kappa shape index (κ1) is 22.6. The summed E-state index contributed by atoms with van der Waals surface area (Å²) < 4.78 is 2.05. The van der Waals surface area contributed by atoms with Crippen LogP contribution >= 0.6 is 11.8 Å². The molecule has 168 valence electrons. The number of para-hydroxylation sites is 1. The van der Waals surface area contributed by atoms with E-state index < -0.39 is 0 Å². The van der Waals surface area contributed by atoms with Gasteiger partial charge in [0, 0.05) is 30.1 Å². The average molecular weight is 458 g/mol. The second-order valence-electron chi connectivity index (χ2n) is 7.65. The molecule has 0 aliphatic carbocycles. The van der Waals surface area contributed by atoms with Gasteiger partial charge >= 0.3 is 0 Å². The predicted octanol–water partition coefficient (Wildman–Crippen LogP) is 4.99. The molecular weight excluding hydrogens is 430 g/mol. The fourth-order valence-corrected chi connectivity index (χ4v) is 4.31.